The second-order valence-electron chi connectivity index (χ2n) is 7.66. The van der Waals surface area contributed by atoms with Crippen molar-refractivity contribution in [3.8, 4) is 0 Å². The van der Waals surface area contributed by atoms with Gasteiger partial charge in [-0.3, -0.25) is 9.59 Å². The van der Waals surface area contributed by atoms with E-state index in [4.69, 9.17) is 0 Å². The van der Waals surface area contributed by atoms with E-state index in [0.29, 0.717) is 38.3 Å². The number of thioether (sulfide) groups is 1. The van der Waals surface area contributed by atoms with Crippen LogP contribution in [-0.2, 0) is 0 Å². The van der Waals surface area contributed by atoms with Crippen LogP contribution in [0.2, 0.25) is 0 Å². The second-order valence-corrected chi connectivity index (χ2v) is 9.06. The molecule has 6 nitrogen and oxygen atoms in total. The topological polar surface area (TPSA) is 65.5 Å². The van der Waals surface area contributed by atoms with E-state index in [1.165, 1.54) is 0 Å². The maximum Gasteiger partial charge on any atom is 0.254 e. The Labute approximate surface area is 193 Å². The monoisotopic (exact) mass is 448 g/mol. The number of amides is 2. The second kappa shape index (κ2) is 10.5. The van der Waals surface area contributed by atoms with Crippen LogP contribution in [0.4, 0.5) is 5.82 Å². The summed E-state index contributed by atoms with van der Waals surface area (Å²) >= 11 is 1.80. The minimum atomic E-state index is -0.0914. The number of aromatic nitrogens is 1. The van der Waals surface area contributed by atoms with Gasteiger partial charge in [0.1, 0.15) is 5.82 Å². The van der Waals surface area contributed by atoms with Crippen molar-refractivity contribution < 1.29 is 9.59 Å². The molecule has 7 heteroatoms. The van der Waals surface area contributed by atoms with E-state index in [1.807, 2.05) is 59.5 Å². The van der Waals surface area contributed by atoms with Gasteiger partial charge in [0, 0.05) is 50.2 Å². The van der Waals surface area contributed by atoms with Gasteiger partial charge in [0.15, 0.2) is 0 Å². The number of benzene rings is 2. The van der Waals surface area contributed by atoms with Crippen LogP contribution < -0.4 is 10.2 Å². The molecule has 0 bridgehead atoms. The third kappa shape index (κ3) is 5.05. The van der Waals surface area contributed by atoms with Crippen molar-refractivity contribution in [2.24, 2.45) is 0 Å². The minimum absolute atomic E-state index is 0.0719. The lowest BCUT2D eigenvalue weighted by Gasteiger charge is -2.35. The van der Waals surface area contributed by atoms with Gasteiger partial charge in [-0.2, -0.15) is 11.8 Å². The quantitative estimate of drug-likeness (QED) is 0.559. The van der Waals surface area contributed by atoms with E-state index in [2.05, 4.69) is 22.1 Å². The SMILES string of the molecule is CCSCCNC(=O)c1ccc(N2CCN(C(=O)c3cccc4ccccc34)CC2)nc1. The Morgan fingerprint density at radius 2 is 1.78 bits per heavy atom. The summed E-state index contributed by atoms with van der Waals surface area (Å²) in [7, 11) is 0. The molecule has 0 spiro atoms. The Balaban J connectivity index is 1.34. The number of fused-ring (bicyclic) bond motifs is 1. The largest absolute Gasteiger partial charge is 0.353 e. The van der Waals surface area contributed by atoms with Crippen LogP contribution in [-0.4, -0.2) is 65.9 Å². The molecule has 0 saturated carbocycles. The lowest BCUT2D eigenvalue weighted by atomic mass is 10.0. The summed E-state index contributed by atoms with van der Waals surface area (Å²) in [6.45, 7) is 5.47. The number of piperazine rings is 1. The van der Waals surface area contributed by atoms with E-state index in [9.17, 15) is 9.59 Å². The Kier molecular flexibility index (Phi) is 7.27. The van der Waals surface area contributed by atoms with Crippen molar-refractivity contribution >= 4 is 40.2 Å². The van der Waals surface area contributed by atoms with E-state index in [0.717, 1.165) is 33.7 Å². The number of pyridine rings is 1. The number of carbonyl (C=O) groups is 2. The van der Waals surface area contributed by atoms with Gasteiger partial charge in [0.25, 0.3) is 11.8 Å². The third-order valence-corrected chi connectivity index (χ3v) is 6.56. The van der Waals surface area contributed by atoms with Gasteiger partial charge in [-0.25, -0.2) is 4.98 Å². The van der Waals surface area contributed by atoms with E-state index >= 15 is 0 Å². The number of rotatable bonds is 7. The molecule has 0 unspecified atom stereocenters. The number of nitrogens with one attached hydrogen (secondary N) is 1. The maximum atomic E-state index is 13.1. The number of hydrogen-bond donors (Lipinski definition) is 1. The molecule has 1 aliphatic rings. The molecule has 0 atom stereocenters. The molecule has 0 aliphatic carbocycles. The first-order chi connectivity index (χ1) is 15.7. The molecule has 2 heterocycles. The summed E-state index contributed by atoms with van der Waals surface area (Å²) in [4.78, 5) is 33.9. The van der Waals surface area contributed by atoms with Crippen LogP contribution in [0.1, 0.15) is 27.6 Å². The molecule has 2 amide bonds. The zero-order valence-corrected chi connectivity index (χ0v) is 19.1. The fraction of sp³-hybridized carbons (Fsp3) is 0.320. The summed E-state index contributed by atoms with van der Waals surface area (Å²) in [5.74, 6) is 2.77. The zero-order chi connectivity index (χ0) is 22.3. The van der Waals surface area contributed by atoms with E-state index < -0.39 is 0 Å². The van der Waals surface area contributed by atoms with Crippen LogP contribution in [0.5, 0.6) is 0 Å². The van der Waals surface area contributed by atoms with Crippen LogP contribution in [0.25, 0.3) is 10.8 Å². The van der Waals surface area contributed by atoms with E-state index in [-0.39, 0.29) is 11.8 Å². The normalized spacial score (nSPS) is 13.9. The summed E-state index contributed by atoms with van der Waals surface area (Å²) in [5, 5.41) is 4.99. The molecule has 1 aliphatic heterocycles. The van der Waals surface area contributed by atoms with Crippen molar-refractivity contribution in [1.82, 2.24) is 15.2 Å². The predicted molar refractivity (Wildman–Crippen MR) is 132 cm³/mol. The molecule has 1 fully saturated rings. The van der Waals surface area contributed by atoms with Crippen LogP contribution in [0, 0.1) is 0 Å². The highest BCUT2D eigenvalue weighted by molar-refractivity contribution is 7.99. The van der Waals surface area contributed by atoms with Gasteiger partial charge in [-0.1, -0.05) is 43.3 Å². The Bertz CT molecular complexity index is 1070. The number of carbonyl (C=O) groups excluding carboxylic acids is 2. The fourth-order valence-corrected chi connectivity index (χ4v) is 4.45. The first-order valence-corrected chi connectivity index (χ1v) is 12.2. The molecule has 1 N–H and O–H groups in total. The average Bonchev–Trinajstić information content (AvgIpc) is 2.86. The first kappa shape index (κ1) is 22.1. The van der Waals surface area contributed by atoms with Crippen LogP contribution in [0.15, 0.2) is 60.8 Å². The zero-order valence-electron chi connectivity index (χ0n) is 18.3. The molecule has 2 aromatic carbocycles. The van der Waals surface area contributed by atoms with Crippen molar-refractivity contribution in [3.05, 3.63) is 71.9 Å². The van der Waals surface area contributed by atoms with Gasteiger partial charge in [-0.05, 0) is 34.7 Å². The van der Waals surface area contributed by atoms with Crippen molar-refractivity contribution in [3.63, 3.8) is 0 Å². The smallest absolute Gasteiger partial charge is 0.254 e. The van der Waals surface area contributed by atoms with Gasteiger partial charge in [0.2, 0.25) is 0 Å². The van der Waals surface area contributed by atoms with Gasteiger partial charge in [0.05, 0.1) is 5.56 Å². The van der Waals surface area contributed by atoms with Crippen LogP contribution >= 0.6 is 11.8 Å². The average molecular weight is 449 g/mol. The third-order valence-electron chi connectivity index (χ3n) is 5.66. The van der Waals surface area contributed by atoms with E-state index in [1.54, 1.807) is 18.0 Å². The Hall–Kier alpha value is -3.06. The molecular formula is C25H28N4O2S. The fourth-order valence-electron chi connectivity index (χ4n) is 3.91. The number of hydrogen-bond acceptors (Lipinski definition) is 5. The van der Waals surface area contributed by atoms with Gasteiger partial charge in [-0.15, -0.1) is 0 Å². The molecule has 4 rings (SSSR count). The predicted octanol–water partition coefficient (Wildman–Crippen LogP) is 3.68. The lowest BCUT2D eigenvalue weighted by molar-refractivity contribution is 0.0748. The van der Waals surface area contributed by atoms with Crippen molar-refractivity contribution in [2.75, 3.05) is 49.1 Å². The molecular weight excluding hydrogens is 420 g/mol. The summed E-state index contributed by atoms with van der Waals surface area (Å²) < 4.78 is 0. The highest BCUT2D eigenvalue weighted by Gasteiger charge is 2.24. The Morgan fingerprint density at radius 3 is 2.53 bits per heavy atom. The number of nitrogens with zero attached hydrogens (tertiary/aromatic N) is 3. The highest BCUT2D eigenvalue weighted by Crippen LogP contribution is 2.21. The molecule has 1 aromatic heterocycles. The maximum absolute atomic E-state index is 13.1. The molecule has 32 heavy (non-hydrogen) atoms. The molecule has 3 aromatic rings. The van der Waals surface area contributed by atoms with Gasteiger partial charge >= 0.3 is 0 Å². The van der Waals surface area contributed by atoms with Crippen LogP contribution in [0.3, 0.4) is 0 Å². The molecule has 1 saturated heterocycles. The highest BCUT2D eigenvalue weighted by atomic mass is 32.2. The molecule has 166 valence electrons. The Morgan fingerprint density at radius 1 is 1.00 bits per heavy atom. The summed E-state index contributed by atoms with van der Waals surface area (Å²) in [5.41, 5.74) is 1.32. The standard InChI is InChI=1S/C25H28N4O2S/c1-2-32-17-12-26-24(30)20-10-11-23(27-18-20)28-13-15-29(16-14-28)25(31)22-9-5-7-19-6-3-4-8-21(19)22/h3-11,18H,2,12-17H2,1H3,(H,26,30). The summed E-state index contributed by atoms with van der Waals surface area (Å²) in [6.07, 6.45) is 1.63. The molecule has 0 radical (unpaired) electrons. The number of anilines is 1. The van der Waals surface area contributed by atoms with Crippen molar-refractivity contribution in [1.29, 1.82) is 0 Å². The van der Waals surface area contributed by atoms with Crippen molar-refractivity contribution in [2.45, 2.75) is 6.92 Å². The summed E-state index contributed by atoms with van der Waals surface area (Å²) in [6, 6.07) is 17.6. The van der Waals surface area contributed by atoms with Gasteiger partial charge < -0.3 is 15.1 Å². The lowest BCUT2D eigenvalue weighted by Crippen LogP contribution is -2.49. The minimum Gasteiger partial charge on any atom is -0.353 e. The first-order valence-electron chi connectivity index (χ1n) is 11.0.